The van der Waals surface area contributed by atoms with Crippen LogP contribution in [0.1, 0.15) is 16.7 Å². The predicted molar refractivity (Wildman–Crippen MR) is 110 cm³/mol. The van der Waals surface area contributed by atoms with E-state index in [1.54, 1.807) is 12.1 Å². The van der Waals surface area contributed by atoms with Gasteiger partial charge < -0.3 is 30.3 Å². The third kappa shape index (κ3) is 7.60. The molecular formula is C20H22BrF3N2O5. The Kier molecular flexibility index (Phi) is 8.96. The Bertz CT molecular complexity index is 878. The third-order valence-corrected chi connectivity index (χ3v) is 4.89. The van der Waals surface area contributed by atoms with E-state index in [1.165, 1.54) is 19.2 Å². The normalized spacial score (nSPS) is 12.2. The molecule has 2 amide bonds. The first-order valence-corrected chi connectivity index (χ1v) is 9.89. The molecule has 0 spiro atoms. The fraction of sp³-hybridized carbons (Fsp3) is 0.350. The topological polar surface area (TPSA) is 100 Å². The molecule has 0 aliphatic heterocycles. The maximum Gasteiger partial charge on any atom is 0.416 e. The van der Waals surface area contributed by atoms with E-state index in [0.29, 0.717) is 27.1 Å². The highest BCUT2D eigenvalue weighted by Crippen LogP contribution is 2.33. The summed E-state index contributed by atoms with van der Waals surface area (Å²) in [5.41, 5.74) is 0.451. The second kappa shape index (κ2) is 11.2. The molecule has 0 aliphatic rings. The number of amides is 2. The minimum atomic E-state index is -4.41. The summed E-state index contributed by atoms with van der Waals surface area (Å²) in [7, 11) is 1.44. The van der Waals surface area contributed by atoms with E-state index in [4.69, 9.17) is 14.6 Å². The first-order chi connectivity index (χ1) is 14.6. The van der Waals surface area contributed by atoms with Gasteiger partial charge in [0.15, 0.2) is 11.5 Å². The molecule has 0 unspecified atom stereocenters. The van der Waals surface area contributed by atoms with Gasteiger partial charge in [-0.2, -0.15) is 13.2 Å². The van der Waals surface area contributed by atoms with Crippen molar-refractivity contribution in [3.8, 4) is 11.5 Å². The van der Waals surface area contributed by atoms with Crippen molar-refractivity contribution in [3.05, 3.63) is 57.6 Å². The Balaban J connectivity index is 1.90. The van der Waals surface area contributed by atoms with Gasteiger partial charge in [-0.3, -0.25) is 0 Å². The molecule has 0 aliphatic carbocycles. The third-order valence-electron chi connectivity index (χ3n) is 4.15. The number of halogens is 4. The maximum atomic E-state index is 12.6. The molecule has 2 aromatic carbocycles. The summed E-state index contributed by atoms with van der Waals surface area (Å²) in [6.45, 7) is -0.361. The molecule has 7 nitrogen and oxygen atoms in total. The summed E-state index contributed by atoms with van der Waals surface area (Å²) >= 11 is 3.37. The smallest absolute Gasteiger partial charge is 0.416 e. The van der Waals surface area contributed by atoms with Gasteiger partial charge >= 0.3 is 12.2 Å². The van der Waals surface area contributed by atoms with Gasteiger partial charge in [0.1, 0.15) is 12.7 Å². The summed E-state index contributed by atoms with van der Waals surface area (Å²) < 4.78 is 49.0. The lowest BCUT2D eigenvalue weighted by Crippen LogP contribution is -2.34. The van der Waals surface area contributed by atoms with Crippen molar-refractivity contribution in [1.82, 2.24) is 10.6 Å². The van der Waals surface area contributed by atoms with Crippen molar-refractivity contribution in [2.45, 2.75) is 25.4 Å². The highest BCUT2D eigenvalue weighted by molar-refractivity contribution is 9.10. The number of rotatable bonds is 9. The molecule has 2 rings (SSSR count). The minimum Gasteiger partial charge on any atom is -0.493 e. The van der Waals surface area contributed by atoms with Crippen LogP contribution in [0.2, 0.25) is 0 Å². The van der Waals surface area contributed by atoms with Crippen molar-refractivity contribution < 1.29 is 37.7 Å². The van der Waals surface area contributed by atoms with Crippen molar-refractivity contribution >= 4 is 22.0 Å². The summed E-state index contributed by atoms with van der Waals surface area (Å²) in [5, 5.41) is 23.5. The van der Waals surface area contributed by atoms with Crippen molar-refractivity contribution in [2.24, 2.45) is 0 Å². The molecule has 0 aromatic heterocycles. The fourth-order valence-corrected chi connectivity index (χ4v) is 2.92. The number of ether oxygens (including phenoxy) is 2. The number of aliphatic hydroxyl groups excluding tert-OH is 2. The molecule has 0 fully saturated rings. The molecule has 31 heavy (non-hydrogen) atoms. The summed E-state index contributed by atoms with van der Waals surface area (Å²) in [5.74, 6) is 0.715. The Morgan fingerprint density at radius 1 is 1.13 bits per heavy atom. The highest BCUT2D eigenvalue weighted by atomic mass is 79.9. The monoisotopic (exact) mass is 506 g/mol. The number of alkyl halides is 3. The molecule has 11 heteroatoms. The Hall–Kier alpha value is -2.50. The van der Waals surface area contributed by atoms with E-state index in [1.807, 2.05) is 0 Å². The van der Waals surface area contributed by atoms with Crippen LogP contribution in [0.15, 0.2) is 40.9 Å². The number of hydrogen-bond acceptors (Lipinski definition) is 5. The van der Waals surface area contributed by atoms with E-state index in [0.717, 1.165) is 12.1 Å². The van der Waals surface area contributed by atoms with Gasteiger partial charge in [0.2, 0.25) is 0 Å². The van der Waals surface area contributed by atoms with E-state index in [2.05, 4.69) is 26.6 Å². The minimum absolute atomic E-state index is 0.0639. The Morgan fingerprint density at radius 3 is 2.35 bits per heavy atom. The fourth-order valence-electron chi connectivity index (χ4n) is 2.46. The van der Waals surface area contributed by atoms with Gasteiger partial charge in [-0.25, -0.2) is 4.79 Å². The number of carbonyl (C=O) groups is 1. The Labute approximate surface area is 185 Å². The van der Waals surface area contributed by atoms with Crippen LogP contribution in [0.3, 0.4) is 0 Å². The number of aliphatic hydroxyl groups is 2. The van der Waals surface area contributed by atoms with Crippen LogP contribution in [0.4, 0.5) is 18.0 Å². The first kappa shape index (κ1) is 24.8. The Morgan fingerprint density at radius 2 is 1.77 bits per heavy atom. The highest BCUT2D eigenvalue weighted by Gasteiger charge is 2.29. The largest absolute Gasteiger partial charge is 0.493 e. The molecule has 0 saturated carbocycles. The van der Waals surface area contributed by atoms with Crippen LogP contribution in [-0.2, 0) is 19.3 Å². The first-order valence-electron chi connectivity index (χ1n) is 9.10. The van der Waals surface area contributed by atoms with E-state index in [9.17, 15) is 23.1 Å². The van der Waals surface area contributed by atoms with Gasteiger partial charge in [0.05, 0.1) is 19.3 Å². The number of carbonyl (C=O) groups excluding carboxylic acids is 1. The predicted octanol–water partition coefficient (Wildman–Crippen LogP) is 3.21. The van der Waals surface area contributed by atoms with Gasteiger partial charge in [0, 0.05) is 17.6 Å². The zero-order chi connectivity index (χ0) is 23.0. The SMILES string of the molecule is COc1cc(CNC(=O)NCc2ccc(C(F)(F)F)cc2)c(Br)cc1OC[C@@H](O)CO. The van der Waals surface area contributed by atoms with Crippen LogP contribution in [0, 0.1) is 0 Å². The van der Waals surface area contributed by atoms with Gasteiger partial charge in [-0.15, -0.1) is 0 Å². The molecule has 170 valence electrons. The zero-order valence-electron chi connectivity index (χ0n) is 16.5. The number of hydrogen-bond donors (Lipinski definition) is 4. The van der Waals surface area contributed by atoms with Crippen molar-refractivity contribution in [3.63, 3.8) is 0 Å². The molecule has 0 radical (unpaired) electrons. The zero-order valence-corrected chi connectivity index (χ0v) is 18.1. The molecular weight excluding hydrogens is 485 g/mol. The number of methoxy groups -OCH3 is 1. The van der Waals surface area contributed by atoms with E-state index in [-0.39, 0.29) is 19.7 Å². The van der Waals surface area contributed by atoms with Crippen LogP contribution < -0.4 is 20.1 Å². The summed E-state index contributed by atoms with van der Waals surface area (Å²) in [6, 6.07) is 7.27. The van der Waals surface area contributed by atoms with Crippen LogP contribution in [0.5, 0.6) is 11.5 Å². The van der Waals surface area contributed by atoms with Crippen molar-refractivity contribution in [2.75, 3.05) is 20.3 Å². The molecule has 0 bridgehead atoms. The quantitative estimate of drug-likeness (QED) is 0.418. The standard InChI is InChI=1S/C20H22BrF3N2O5/c1-30-17-6-13(16(21)7-18(17)31-11-15(28)10-27)9-26-19(29)25-8-12-2-4-14(5-3-12)20(22,23)24/h2-7,15,27-28H,8-11H2,1H3,(H2,25,26,29)/t15-/m0/s1. The molecule has 0 saturated heterocycles. The molecule has 0 heterocycles. The van der Waals surface area contributed by atoms with Crippen molar-refractivity contribution in [1.29, 1.82) is 0 Å². The van der Waals surface area contributed by atoms with Gasteiger partial charge in [-0.1, -0.05) is 28.1 Å². The molecule has 1 atom stereocenters. The lowest BCUT2D eigenvalue weighted by Gasteiger charge is -2.16. The van der Waals surface area contributed by atoms with E-state index < -0.39 is 30.5 Å². The summed E-state index contributed by atoms with van der Waals surface area (Å²) in [4.78, 5) is 12.0. The maximum absolute atomic E-state index is 12.6. The van der Waals surface area contributed by atoms with Gasteiger partial charge in [0.25, 0.3) is 0 Å². The average Bonchev–Trinajstić information content (AvgIpc) is 2.74. The average molecular weight is 507 g/mol. The lowest BCUT2D eigenvalue weighted by atomic mass is 10.1. The number of benzene rings is 2. The lowest BCUT2D eigenvalue weighted by molar-refractivity contribution is -0.137. The van der Waals surface area contributed by atoms with E-state index >= 15 is 0 Å². The number of nitrogens with one attached hydrogen (secondary N) is 2. The molecule has 2 aromatic rings. The number of urea groups is 1. The van der Waals surface area contributed by atoms with Crippen LogP contribution in [-0.4, -0.2) is 42.7 Å². The van der Waals surface area contributed by atoms with Gasteiger partial charge in [-0.05, 0) is 35.4 Å². The van der Waals surface area contributed by atoms with Crippen LogP contribution >= 0.6 is 15.9 Å². The molecule has 4 N–H and O–H groups in total. The second-order valence-corrected chi connectivity index (χ2v) is 7.33. The second-order valence-electron chi connectivity index (χ2n) is 6.47. The summed E-state index contributed by atoms with van der Waals surface area (Å²) in [6.07, 6.45) is -5.44. The van der Waals surface area contributed by atoms with Crippen LogP contribution in [0.25, 0.3) is 0 Å².